The second-order valence-corrected chi connectivity index (χ2v) is 9.15. The van der Waals surface area contributed by atoms with E-state index in [0.717, 1.165) is 31.2 Å². The first-order valence-corrected chi connectivity index (χ1v) is 11.4. The van der Waals surface area contributed by atoms with E-state index < -0.39 is 6.23 Å². The van der Waals surface area contributed by atoms with Gasteiger partial charge in [-0.15, -0.1) is 0 Å². The van der Waals surface area contributed by atoms with Gasteiger partial charge in [0.1, 0.15) is 6.23 Å². The largest absolute Gasteiger partial charge is 0.376 e. The number of amides is 1. The zero-order valence-electron chi connectivity index (χ0n) is 17.7. The first-order chi connectivity index (χ1) is 14.5. The van der Waals surface area contributed by atoms with Gasteiger partial charge in [-0.1, -0.05) is 74.7 Å². The molecule has 0 bridgehead atoms. The minimum Gasteiger partial charge on any atom is -0.376 e. The highest BCUT2D eigenvalue weighted by atomic mass is 35.5. The van der Waals surface area contributed by atoms with Crippen molar-refractivity contribution in [2.75, 3.05) is 0 Å². The number of carbonyl (C=O) groups excluding carboxylic acids is 1. The summed E-state index contributed by atoms with van der Waals surface area (Å²) in [5, 5.41) is 15.4. The van der Waals surface area contributed by atoms with Crippen molar-refractivity contribution in [3.05, 3.63) is 70.2 Å². The van der Waals surface area contributed by atoms with Crippen LogP contribution >= 0.6 is 11.6 Å². The lowest BCUT2D eigenvalue weighted by molar-refractivity contribution is -0.155. The van der Waals surface area contributed by atoms with E-state index in [0.29, 0.717) is 11.6 Å². The molecule has 1 saturated heterocycles. The van der Waals surface area contributed by atoms with E-state index in [1.54, 1.807) is 0 Å². The summed E-state index contributed by atoms with van der Waals surface area (Å²) >= 11 is 6.20. The average molecular weight is 427 g/mol. The van der Waals surface area contributed by atoms with Crippen LogP contribution in [0.15, 0.2) is 48.5 Å². The van der Waals surface area contributed by atoms with Crippen LogP contribution in [-0.2, 0) is 24.2 Å². The van der Waals surface area contributed by atoms with Crippen LogP contribution in [0.3, 0.4) is 0 Å². The fourth-order valence-electron chi connectivity index (χ4n) is 5.31. The third-order valence-corrected chi connectivity index (χ3v) is 7.17. The molecule has 1 unspecified atom stereocenters. The van der Waals surface area contributed by atoms with Gasteiger partial charge in [0.05, 0.1) is 12.1 Å². The Labute approximate surface area is 184 Å². The molecule has 2 N–H and O–H groups in total. The standard InChI is InChI=1S/C25H31ClN2O2/c1-3-17(4-2)23-24(29)27-22(20-13-18-9-5-6-10-19(18)14-20)25(30)28(23)15-16-8-7-11-21(26)12-16/h5-12,17,20,22-23,25,30H,3-4,13-15H2,1-2H3,(H,27,29)/t22-,23-,25?/m1/s1. The Kier molecular flexibility index (Phi) is 6.47. The molecule has 4 rings (SSSR count). The van der Waals surface area contributed by atoms with E-state index in [1.807, 2.05) is 29.2 Å². The number of fused-ring (bicyclic) bond motifs is 1. The number of benzene rings is 2. The van der Waals surface area contributed by atoms with Crippen molar-refractivity contribution >= 4 is 17.5 Å². The molecule has 0 saturated carbocycles. The van der Waals surface area contributed by atoms with Crippen molar-refractivity contribution < 1.29 is 9.90 Å². The van der Waals surface area contributed by atoms with Gasteiger partial charge < -0.3 is 10.4 Å². The van der Waals surface area contributed by atoms with Crippen molar-refractivity contribution in [3.63, 3.8) is 0 Å². The van der Waals surface area contributed by atoms with Crippen LogP contribution < -0.4 is 5.32 Å². The number of nitrogens with one attached hydrogen (secondary N) is 1. The maximum absolute atomic E-state index is 13.3. The van der Waals surface area contributed by atoms with Crippen molar-refractivity contribution in [2.24, 2.45) is 11.8 Å². The van der Waals surface area contributed by atoms with Crippen molar-refractivity contribution in [1.29, 1.82) is 0 Å². The van der Waals surface area contributed by atoms with Crippen molar-refractivity contribution in [1.82, 2.24) is 10.2 Å². The Balaban J connectivity index is 1.62. The number of halogens is 1. The van der Waals surface area contributed by atoms with Gasteiger partial charge in [0.2, 0.25) is 5.91 Å². The third kappa shape index (κ3) is 4.14. The molecule has 1 fully saturated rings. The Morgan fingerprint density at radius 3 is 2.37 bits per heavy atom. The second kappa shape index (κ2) is 9.09. The Bertz CT molecular complexity index is 873. The summed E-state index contributed by atoms with van der Waals surface area (Å²) in [7, 11) is 0. The minimum absolute atomic E-state index is 0.0389. The second-order valence-electron chi connectivity index (χ2n) is 8.71. The van der Waals surface area contributed by atoms with Crippen molar-refractivity contribution in [3.8, 4) is 0 Å². The molecule has 0 spiro atoms. The number of aliphatic hydroxyl groups is 1. The van der Waals surface area contributed by atoms with Crippen LogP contribution in [0.1, 0.15) is 43.4 Å². The fourth-order valence-corrected chi connectivity index (χ4v) is 5.52. The van der Waals surface area contributed by atoms with Crippen LogP contribution in [0, 0.1) is 11.8 Å². The van der Waals surface area contributed by atoms with Gasteiger partial charge in [0.15, 0.2) is 0 Å². The highest BCUT2D eigenvalue weighted by Gasteiger charge is 2.47. The van der Waals surface area contributed by atoms with E-state index in [-0.39, 0.29) is 29.8 Å². The monoisotopic (exact) mass is 426 g/mol. The predicted octanol–water partition coefficient (Wildman–Crippen LogP) is 4.18. The van der Waals surface area contributed by atoms with Crippen LogP contribution in [0.4, 0.5) is 0 Å². The minimum atomic E-state index is -0.730. The molecule has 30 heavy (non-hydrogen) atoms. The van der Waals surface area contributed by atoms with Gasteiger partial charge in [-0.2, -0.15) is 0 Å². The Morgan fingerprint density at radius 1 is 1.10 bits per heavy atom. The summed E-state index contributed by atoms with van der Waals surface area (Å²) in [5.74, 6) is 0.434. The zero-order valence-corrected chi connectivity index (χ0v) is 18.5. The van der Waals surface area contributed by atoms with Crippen LogP contribution in [0.2, 0.25) is 5.02 Å². The number of rotatable bonds is 6. The molecule has 1 heterocycles. The van der Waals surface area contributed by atoms with Gasteiger partial charge in [0, 0.05) is 11.6 Å². The van der Waals surface area contributed by atoms with Gasteiger partial charge >= 0.3 is 0 Å². The normalized spacial score (nSPS) is 24.8. The number of hydrogen-bond acceptors (Lipinski definition) is 3. The maximum atomic E-state index is 13.3. The Hall–Kier alpha value is -1.88. The smallest absolute Gasteiger partial charge is 0.238 e. The number of carbonyl (C=O) groups is 1. The lowest BCUT2D eigenvalue weighted by atomic mass is 9.85. The lowest BCUT2D eigenvalue weighted by Crippen LogP contribution is -2.68. The van der Waals surface area contributed by atoms with E-state index in [9.17, 15) is 9.90 Å². The molecule has 2 aromatic rings. The molecule has 1 aliphatic carbocycles. The van der Waals surface area contributed by atoms with Crippen LogP contribution in [-0.4, -0.2) is 34.2 Å². The van der Waals surface area contributed by atoms with E-state index in [2.05, 4.69) is 43.4 Å². The van der Waals surface area contributed by atoms with Gasteiger partial charge in [-0.3, -0.25) is 9.69 Å². The fraction of sp³-hybridized carbons (Fsp3) is 0.480. The molecule has 0 aromatic heterocycles. The van der Waals surface area contributed by atoms with E-state index >= 15 is 0 Å². The first-order valence-electron chi connectivity index (χ1n) is 11.1. The summed E-state index contributed by atoms with van der Waals surface area (Å²) in [4.78, 5) is 15.3. The lowest BCUT2D eigenvalue weighted by Gasteiger charge is -2.47. The molecule has 2 aliphatic rings. The number of piperazine rings is 1. The Morgan fingerprint density at radius 2 is 1.77 bits per heavy atom. The average Bonchev–Trinajstić information content (AvgIpc) is 3.17. The van der Waals surface area contributed by atoms with E-state index in [1.165, 1.54) is 11.1 Å². The van der Waals surface area contributed by atoms with Crippen molar-refractivity contribution in [2.45, 2.75) is 64.4 Å². The molecule has 5 heteroatoms. The molecule has 2 aromatic carbocycles. The summed E-state index contributed by atoms with van der Waals surface area (Å²) in [6.07, 6.45) is 2.84. The number of aliphatic hydroxyl groups excluding tert-OH is 1. The van der Waals surface area contributed by atoms with Gasteiger partial charge in [-0.25, -0.2) is 0 Å². The highest BCUT2D eigenvalue weighted by Crippen LogP contribution is 2.35. The molecule has 1 amide bonds. The SMILES string of the molecule is CCC(CC)[C@@H]1C(=O)N[C@H](C2Cc3ccccc3C2)C(O)N1Cc1cccc(Cl)c1. The quantitative estimate of drug-likeness (QED) is 0.728. The summed E-state index contributed by atoms with van der Waals surface area (Å²) in [6, 6.07) is 15.5. The third-order valence-electron chi connectivity index (χ3n) is 6.94. The molecular formula is C25H31ClN2O2. The van der Waals surface area contributed by atoms with Gasteiger partial charge in [-0.05, 0) is 53.5 Å². The molecule has 3 atom stereocenters. The molecule has 4 nitrogen and oxygen atoms in total. The maximum Gasteiger partial charge on any atom is 0.238 e. The summed E-state index contributed by atoms with van der Waals surface area (Å²) in [6.45, 7) is 4.74. The highest BCUT2D eigenvalue weighted by molar-refractivity contribution is 6.30. The van der Waals surface area contributed by atoms with Crippen LogP contribution in [0.5, 0.6) is 0 Å². The predicted molar refractivity (Wildman–Crippen MR) is 120 cm³/mol. The summed E-state index contributed by atoms with van der Waals surface area (Å²) in [5.41, 5.74) is 3.67. The zero-order chi connectivity index (χ0) is 21.3. The molecule has 0 radical (unpaired) electrons. The van der Waals surface area contributed by atoms with Gasteiger partial charge in [0.25, 0.3) is 0 Å². The first kappa shape index (κ1) is 21.4. The van der Waals surface area contributed by atoms with E-state index in [4.69, 9.17) is 11.6 Å². The van der Waals surface area contributed by atoms with Crippen LogP contribution in [0.25, 0.3) is 0 Å². The molecule has 160 valence electrons. The number of hydrogen-bond donors (Lipinski definition) is 2. The number of nitrogens with zero attached hydrogens (tertiary/aromatic N) is 1. The molecular weight excluding hydrogens is 396 g/mol. The topological polar surface area (TPSA) is 52.6 Å². The molecule has 1 aliphatic heterocycles. The summed E-state index contributed by atoms with van der Waals surface area (Å²) < 4.78 is 0.